The van der Waals surface area contributed by atoms with Crippen molar-refractivity contribution >= 4 is 10.9 Å². The highest BCUT2D eigenvalue weighted by molar-refractivity contribution is 5.95. The van der Waals surface area contributed by atoms with Gasteiger partial charge in [-0.25, -0.2) is 5.10 Å². The van der Waals surface area contributed by atoms with Crippen molar-refractivity contribution in [2.24, 2.45) is 0 Å². The lowest BCUT2D eigenvalue weighted by Gasteiger charge is -2.23. The van der Waals surface area contributed by atoms with E-state index >= 15 is 0 Å². The van der Waals surface area contributed by atoms with Crippen molar-refractivity contribution in [3.05, 3.63) is 54.9 Å². The Kier molecular flexibility index (Phi) is 4.53. The smallest absolute Gasteiger partial charge is 0.179 e. The van der Waals surface area contributed by atoms with Crippen LogP contribution in [0.3, 0.4) is 0 Å². The van der Waals surface area contributed by atoms with E-state index in [4.69, 9.17) is 9.47 Å². The van der Waals surface area contributed by atoms with Gasteiger partial charge in [0, 0.05) is 22.7 Å². The molecule has 0 atom stereocenters. The van der Waals surface area contributed by atoms with Crippen molar-refractivity contribution in [2.75, 3.05) is 26.3 Å². The highest BCUT2D eigenvalue weighted by Crippen LogP contribution is 2.31. The molecular weight excluding hydrogens is 370 g/mol. The van der Waals surface area contributed by atoms with E-state index < -0.39 is 0 Å². The molecule has 4 aromatic rings. The van der Waals surface area contributed by atoms with E-state index in [1.54, 1.807) is 6.26 Å². The SMILES string of the molecule is C1=CN(CCOc2cccc(-c3n[nH]c4ccc(-c5nnn[nH]5)cc34)c2)CCO1. The number of aromatic amines is 2. The minimum Gasteiger partial charge on any atom is -0.498 e. The van der Waals surface area contributed by atoms with Crippen LogP contribution in [0, 0.1) is 0 Å². The van der Waals surface area contributed by atoms with Crippen LogP contribution in [-0.2, 0) is 4.74 Å². The molecule has 1 aliphatic heterocycles. The van der Waals surface area contributed by atoms with Crippen molar-refractivity contribution in [3.8, 4) is 28.4 Å². The molecule has 1 aliphatic rings. The Labute approximate surface area is 166 Å². The number of hydrogen-bond acceptors (Lipinski definition) is 7. The number of benzene rings is 2. The largest absolute Gasteiger partial charge is 0.498 e. The highest BCUT2D eigenvalue weighted by atomic mass is 16.5. The first-order valence-corrected chi connectivity index (χ1v) is 9.34. The standard InChI is InChI=1S/C20H19N7O2/c1-2-14(12-16(3-1)29-11-8-27-6-9-28-10-7-27)19-17-13-15(20-23-25-26-24-20)4-5-18(17)21-22-19/h1-6,9,12-13H,7-8,10-11H2,(H,21,22)(H,23,24,25,26). The third-order valence-corrected chi connectivity index (χ3v) is 4.80. The zero-order valence-corrected chi connectivity index (χ0v) is 15.6. The lowest BCUT2D eigenvalue weighted by molar-refractivity contribution is 0.158. The van der Waals surface area contributed by atoms with Gasteiger partial charge in [-0.2, -0.15) is 5.10 Å². The molecule has 2 aromatic heterocycles. The van der Waals surface area contributed by atoms with Crippen LogP contribution in [0.5, 0.6) is 5.75 Å². The number of tetrazole rings is 1. The van der Waals surface area contributed by atoms with E-state index in [0.717, 1.165) is 46.6 Å². The molecule has 0 radical (unpaired) electrons. The van der Waals surface area contributed by atoms with E-state index in [0.29, 0.717) is 19.0 Å². The second-order valence-corrected chi connectivity index (χ2v) is 6.65. The molecule has 5 rings (SSSR count). The quantitative estimate of drug-likeness (QED) is 0.522. The topological polar surface area (TPSA) is 105 Å². The van der Waals surface area contributed by atoms with Gasteiger partial charge < -0.3 is 14.4 Å². The van der Waals surface area contributed by atoms with Crippen LogP contribution in [0.15, 0.2) is 54.9 Å². The van der Waals surface area contributed by atoms with Crippen LogP contribution >= 0.6 is 0 Å². The van der Waals surface area contributed by atoms with Crippen molar-refractivity contribution in [1.82, 2.24) is 35.7 Å². The van der Waals surface area contributed by atoms with Gasteiger partial charge in [0.1, 0.15) is 24.7 Å². The number of hydrogen-bond donors (Lipinski definition) is 2. The van der Waals surface area contributed by atoms with Crippen LogP contribution < -0.4 is 4.74 Å². The third kappa shape index (κ3) is 3.62. The Morgan fingerprint density at radius 3 is 2.97 bits per heavy atom. The molecule has 0 spiro atoms. The number of rotatable bonds is 6. The zero-order chi connectivity index (χ0) is 19.5. The maximum Gasteiger partial charge on any atom is 0.179 e. The summed E-state index contributed by atoms with van der Waals surface area (Å²) < 4.78 is 11.2. The first-order valence-electron chi connectivity index (χ1n) is 9.34. The van der Waals surface area contributed by atoms with Gasteiger partial charge in [-0.15, -0.1) is 5.10 Å². The summed E-state index contributed by atoms with van der Waals surface area (Å²) in [4.78, 5) is 2.18. The summed E-state index contributed by atoms with van der Waals surface area (Å²) in [5, 5.41) is 22.7. The number of H-pyrrole nitrogens is 2. The fourth-order valence-electron chi connectivity index (χ4n) is 3.30. The molecule has 2 aromatic carbocycles. The fraction of sp³-hybridized carbons (Fsp3) is 0.200. The molecule has 0 bridgehead atoms. The molecule has 2 N–H and O–H groups in total. The number of fused-ring (bicyclic) bond motifs is 1. The minimum atomic E-state index is 0.595. The Morgan fingerprint density at radius 1 is 1.10 bits per heavy atom. The van der Waals surface area contributed by atoms with Gasteiger partial charge in [-0.3, -0.25) is 5.10 Å². The summed E-state index contributed by atoms with van der Waals surface area (Å²) in [6, 6.07) is 13.9. The molecule has 0 saturated carbocycles. The summed E-state index contributed by atoms with van der Waals surface area (Å²) in [6.45, 7) is 2.99. The molecule has 9 nitrogen and oxygen atoms in total. The van der Waals surface area contributed by atoms with Gasteiger partial charge in [-0.05, 0) is 40.8 Å². The predicted octanol–water partition coefficient (Wildman–Crippen LogP) is 2.59. The lowest BCUT2D eigenvalue weighted by atomic mass is 10.1. The monoisotopic (exact) mass is 389 g/mol. The molecule has 9 heteroatoms. The molecule has 0 aliphatic carbocycles. The van der Waals surface area contributed by atoms with Crippen molar-refractivity contribution < 1.29 is 9.47 Å². The molecule has 3 heterocycles. The summed E-state index contributed by atoms with van der Waals surface area (Å²) in [7, 11) is 0. The van der Waals surface area contributed by atoms with Crippen LogP contribution in [0.4, 0.5) is 0 Å². The second kappa shape index (κ2) is 7.63. The molecule has 0 amide bonds. The minimum absolute atomic E-state index is 0.595. The fourth-order valence-corrected chi connectivity index (χ4v) is 3.30. The van der Waals surface area contributed by atoms with Crippen molar-refractivity contribution in [1.29, 1.82) is 0 Å². The Morgan fingerprint density at radius 2 is 2.10 bits per heavy atom. The molecule has 0 fully saturated rings. The number of aromatic nitrogens is 6. The average Bonchev–Trinajstić information content (AvgIpc) is 3.44. The molecular formula is C20H19N7O2. The first kappa shape index (κ1) is 17.2. The van der Waals surface area contributed by atoms with Crippen LogP contribution in [-0.4, -0.2) is 62.0 Å². The van der Waals surface area contributed by atoms with Crippen molar-refractivity contribution in [2.45, 2.75) is 0 Å². The molecule has 146 valence electrons. The normalized spacial score (nSPS) is 13.6. The maximum atomic E-state index is 5.96. The van der Waals surface area contributed by atoms with Gasteiger partial charge in [-0.1, -0.05) is 12.1 Å². The summed E-state index contributed by atoms with van der Waals surface area (Å²) in [5.41, 5.74) is 3.68. The number of nitrogens with one attached hydrogen (secondary N) is 2. The maximum absolute atomic E-state index is 5.96. The van der Waals surface area contributed by atoms with Gasteiger partial charge in [0.15, 0.2) is 5.82 Å². The van der Waals surface area contributed by atoms with E-state index in [1.165, 1.54) is 0 Å². The van der Waals surface area contributed by atoms with Crippen molar-refractivity contribution in [3.63, 3.8) is 0 Å². The lowest BCUT2D eigenvalue weighted by Crippen LogP contribution is -2.29. The number of ether oxygens (including phenoxy) is 2. The van der Waals surface area contributed by atoms with Crippen LogP contribution in [0.25, 0.3) is 33.5 Å². The Balaban J connectivity index is 1.37. The third-order valence-electron chi connectivity index (χ3n) is 4.80. The average molecular weight is 389 g/mol. The molecule has 29 heavy (non-hydrogen) atoms. The summed E-state index contributed by atoms with van der Waals surface area (Å²) >= 11 is 0. The number of nitrogens with zero attached hydrogens (tertiary/aromatic N) is 5. The summed E-state index contributed by atoms with van der Waals surface area (Å²) in [6.07, 6.45) is 3.66. The van der Waals surface area contributed by atoms with E-state index in [1.807, 2.05) is 48.7 Å². The molecule has 0 saturated heterocycles. The second-order valence-electron chi connectivity index (χ2n) is 6.65. The van der Waals surface area contributed by atoms with Crippen LogP contribution in [0.1, 0.15) is 0 Å². The van der Waals surface area contributed by atoms with Gasteiger partial charge >= 0.3 is 0 Å². The Bertz CT molecular complexity index is 1140. The van der Waals surface area contributed by atoms with E-state index in [2.05, 4.69) is 35.7 Å². The van der Waals surface area contributed by atoms with E-state index in [9.17, 15) is 0 Å². The van der Waals surface area contributed by atoms with Gasteiger partial charge in [0.2, 0.25) is 0 Å². The van der Waals surface area contributed by atoms with Crippen LogP contribution in [0.2, 0.25) is 0 Å². The molecule has 0 unspecified atom stereocenters. The van der Waals surface area contributed by atoms with E-state index in [-0.39, 0.29) is 0 Å². The van der Waals surface area contributed by atoms with Gasteiger partial charge in [0.25, 0.3) is 0 Å². The summed E-state index contributed by atoms with van der Waals surface area (Å²) in [5.74, 6) is 1.43. The zero-order valence-electron chi connectivity index (χ0n) is 15.6. The first-order chi connectivity index (χ1) is 14.4. The Hall–Kier alpha value is -3.88. The van der Waals surface area contributed by atoms with Gasteiger partial charge in [0.05, 0.1) is 24.9 Å². The highest BCUT2D eigenvalue weighted by Gasteiger charge is 2.12. The predicted molar refractivity (Wildman–Crippen MR) is 107 cm³/mol.